The fourth-order valence-electron chi connectivity index (χ4n) is 3.86. The first-order valence-corrected chi connectivity index (χ1v) is 9.46. The average Bonchev–Trinajstić information content (AvgIpc) is 3.22. The maximum atomic E-state index is 13.3. The van der Waals surface area contributed by atoms with Crippen molar-refractivity contribution in [3.05, 3.63) is 83.6 Å². The molecule has 29 heavy (non-hydrogen) atoms. The molecule has 0 aliphatic carbocycles. The molecule has 4 aromatic rings. The van der Waals surface area contributed by atoms with Crippen molar-refractivity contribution in [2.75, 3.05) is 6.54 Å². The Morgan fingerprint density at radius 2 is 1.59 bits per heavy atom. The van der Waals surface area contributed by atoms with Gasteiger partial charge in [-0.25, -0.2) is 9.67 Å². The summed E-state index contributed by atoms with van der Waals surface area (Å²) in [4.78, 5) is 32.0. The highest BCUT2D eigenvalue weighted by Gasteiger charge is 2.39. The van der Waals surface area contributed by atoms with Crippen molar-refractivity contribution in [3.63, 3.8) is 0 Å². The topological polar surface area (TPSA) is 68.1 Å². The molecule has 0 fully saturated rings. The molecule has 6 nitrogen and oxygen atoms in total. The Morgan fingerprint density at radius 1 is 0.897 bits per heavy atom. The molecule has 0 N–H and O–H groups in total. The number of nitrogens with zero attached hydrogens (tertiary/aromatic N) is 4. The minimum atomic E-state index is -0.293. The van der Waals surface area contributed by atoms with E-state index in [0.29, 0.717) is 40.8 Å². The summed E-state index contributed by atoms with van der Waals surface area (Å²) >= 11 is 0. The van der Waals surface area contributed by atoms with Gasteiger partial charge in [-0.1, -0.05) is 60.7 Å². The molecule has 0 saturated carbocycles. The van der Waals surface area contributed by atoms with Gasteiger partial charge < -0.3 is 0 Å². The first-order valence-electron chi connectivity index (χ1n) is 9.46. The molecule has 1 aliphatic rings. The normalized spacial score (nSPS) is 13.3. The third kappa shape index (κ3) is 2.72. The maximum absolute atomic E-state index is 13.3. The number of hydrogen-bond acceptors (Lipinski definition) is 4. The summed E-state index contributed by atoms with van der Waals surface area (Å²) < 4.78 is 1.66. The lowest BCUT2D eigenvalue weighted by molar-refractivity contribution is 0.0656. The standard InChI is InChI=1S/C23H18N4O2/c1-26-21-19(20(25-26)16-10-6-3-7-11-16)18-17(14-24-21)22(28)27(23(18)29)13-12-15-8-4-2-5-9-15/h2-11,14H,12-13H2,1H3. The molecule has 0 unspecified atom stereocenters. The third-order valence-electron chi connectivity index (χ3n) is 5.30. The van der Waals surface area contributed by atoms with Gasteiger partial charge in [0.15, 0.2) is 5.65 Å². The fraction of sp³-hybridized carbons (Fsp3) is 0.130. The largest absolute Gasteiger partial charge is 0.274 e. The first-order chi connectivity index (χ1) is 14.1. The van der Waals surface area contributed by atoms with E-state index >= 15 is 0 Å². The van der Waals surface area contributed by atoms with E-state index in [1.165, 1.54) is 11.1 Å². The second kappa shape index (κ2) is 6.67. The van der Waals surface area contributed by atoms with Crippen molar-refractivity contribution in [1.29, 1.82) is 0 Å². The van der Waals surface area contributed by atoms with Crippen molar-refractivity contribution < 1.29 is 9.59 Å². The van der Waals surface area contributed by atoms with Crippen LogP contribution in [-0.4, -0.2) is 38.0 Å². The zero-order valence-corrected chi connectivity index (χ0v) is 15.9. The molecule has 3 heterocycles. The van der Waals surface area contributed by atoms with Crippen LogP contribution in [0, 0.1) is 0 Å². The number of carbonyl (C=O) groups excluding carboxylic acids is 2. The van der Waals surface area contributed by atoms with E-state index < -0.39 is 0 Å². The lowest BCUT2D eigenvalue weighted by Crippen LogP contribution is -2.31. The predicted octanol–water partition coefficient (Wildman–Crippen LogP) is 3.47. The Hall–Kier alpha value is -3.80. The SMILES string of the molecule is Cn1nc(-c2ccccc2)c2c3c(cnc21)C(=O)N(CCc1ccccc1)C3=O. The minimum Gasteiger partial charge on any atom is -0.274 e. The molecule has 2 amide bonds. The summed E-state index contributed by atoms with van der Waals surface area (Å²) in [6, 6.07) is 19.5. The Morgan fingerprint density at radius 3 is 2.31 bits per heavy atom. The molecule has 0 bridgehead atoms. The van der Waals surface area contributed by atoms with Gasteiger partial charge in [-0.3, -0.25) is 14.5 Å². The number of benzene rings is 2. The molecule has 2 aromatic heterocycles. The molecule has 0 saturated heterocycles. The Kier molecular flexibility index (Phi) is 3.98. The van der Waals surface area contributed by atoms with Crippen LogP contribution in [0.2, 0.25) is 0 Å². The highest BCUT2D eigenvalue weighted by Crippen LogP contribution is 2.35. The maximum Gasteiger partial charge on any atom is 0.263 e. The molecule has 5 rings (SSSR count). The van der Waals surface area contributed by atoms with Gasteiger partial charge in [0, 0.05) is 25.4 Å². The highest BCUT2D eigenvalue weighted by atomic mass is 16.2. The zero-order valence-electron chi connectivity index (χ0n) is 15.9. The van der Waals surface area contributed by atoms with Crippen molar-refractivity contribution >= 4 is 22.8 Å². The molecule has 2 aromatic carbocycles. The van der Waals surface area contributed by atoms with Crippen LogP contribution >= 0.6 is 0 Å². The van der Waals surface area contributed by atoms with E-state index in [2.05, 4.69) is 10.1 Å². The summed E-state index contributed by atoms with van der Waals surface area (Å²) in [5, 5.41) is 5.22. The van der Waals surface area contributed by atoms with Crippen LogP contribution in [0.5, 0.6) is 0 Å². The van der Waals surface area contributed by atoms with E-state index in [-0.39, 0.29) is 11.8 Å². The number of fused-ring (bicyclic) bond motifs is 3. The van der Waals surface area contributed by atoms with E-state index in [1.54, 1.807) is 11.7 Å². The summed E-state index contributed by atoms with van der Waals surface area (Å²) in [6.07, 6.45) is 2.11. The Labute approximate surface area is 167 Å². The number of rotatable bonds is 4. The van der Waals surface area contributed by atoms with Crippen LogP contribution < -0.4 is 0 Å². The fourth-order valence-corrected chi connectivity index (χ4v) is 3.86. The van der Waals surface area contributed by atoms with Crippen LogP contribution in [0.1, 0.15) is 26.3 Å². The molecule has 1 aliphatic heterocycles. The second-order valence-electron chi connectivity index (χ2n) is 7.08. The van der Waals surface area contributed by atoms with E-state index in [0.717, 1.165) is 11.1 Å². The Bertz CT molecular complexity index is 1250. The number of carbonyl (C=O) groups is 2. The number of imide groups is 1. The van der Waals surface area contributed by atoms with Gasteiger partial charge in [-0.2, -0.15) is 5.10 Å². The zero-order chi connectivity index (χ0) is 20.0. The van der Waals surface area contributed by atoms with Gasteiger partial charge in [-0.05, 0) is 12.0 Å². The van der Waals surface area contributed by atoms with Gasteiger partial charge in [-0.15, -0.1) is 0 Å². The van der Waals surface area contributed by atoms with Gasteiger partial charge >= 0.3 is 0 Å². The average molecular weight is 382 g/mol. The van der Waals surface area contributed by atoms with Crippen LogP contribution in [0.15, 0.2) is 66.9 Å². The van der Waals surface area contributed by atoms with Gasteiger partial charge in [0.2, 0.25) is 0 Å². The molecule has 0 spiro atoms. The highest BCUT2D eigenvalue weighted by molar-refractivity contribution is 6.27. The van der Waals surface area contributed by atoms with Crippen LogP contribution in [0.25, 0.3) is 22.3 Å². The van der Waals surface area contributed by atoms with Crippen molar-refractivity contribution in [2.45, 2.75) is 6.42 Å². The predicted molar refractivity (Wildman–Crippen MR) is 109 cm³/mol. The molecule has 6 heteroatoms. The summed E-state index contributed by atoms with van der Waals surface area (Å²) in [5.74, 6) is -0.572. The molecule has 142 valence electrons. The molecular weight excluding hydrogens is 364 g/mol. The quantitative estimate of drug-likeness (QED) is 0.507. The lowest BCUT2D eigenvalue weighted by atomic mass is 10.0. The summed E-state index contributed by atoms with van der Waals surface area (Å²) in [5.41, 5.74) is 3.97. The number of amides is 2. The van der Waals surface area contributed by atoms with Crippen LogP contribution in [-0.2, 0) is 13.5 Å². The molecule has 0 radical (unpaired) electrons. The first kappa shape index (κ1) is 17.3. The molecular formula is C23H18N4O2. The van der Waals surface area contributed by atoms with Gasteiger partial charge in [0.1, 0.15) is 5.69 Å². The van der Waals surface area contributed by atoms with Crippen molar-refractivity contribution in [3.8, 4) is 11.3 Å². The van der Waals surface area contributed by atoms with E-state index in [1.807, 2.05) is 60.7 Å². The second-order valence-corrected chi connectivity index (χ2v) is 7.08. The lowest BCUT2D eigenvalue weighted by Gasteiger charge is -2.13. The minimum absolute atomic E-state index is 0.279. The van der Waals surface area contributed by atoms with Crippen LogP contribution in [0.3, 0.4) is 0 Å². The van der Waals surface area contributed by atoms with Crippen molar-refractivity contribution in [1.82, 2.24) is 19.7 Å². The monoisotopic (exact) mass is 382 g/mol. The number of aromatic nitrogens is 3. The van der Waals surface area contributed by atoms with Crippen molar-refractivity contribution in [2.24, 2.45) is 7.05 Å². The number of hydrogen-bond donors (Lipinski definition) is 0. The molecule has 0 atom stereocenters. The van der Waals surface area contributed by atoms with E-state index in [9.17, 15) is 9.59 Å². The van der Waals surface area contributed by atoms with Crippen LogP contribution in [0.4, 0.5) is 0 Å². The van der Waals surface area contributed by atoms with E-state index in [4.69, 9.17) is 0 Å². The summed E-state index contributed by atoms with van der Waals surface area (Å²) in [6.45, 7) is 0.332. The third-order valence-corrected chi connectivity index (χ3v) is 5.30. The van der Waals surface area contributed by atoms with Gasteiger partial charge in [0.05, 0.1) is 16.5 Å². The number of pyridine rings is 1. The number of aryl methyl sites for hydroxylation is 1. The smallest absolute Gasteiger partial charge is 0.263 e. The van der Waals surface area contributed by atoms with Gasteiger partial charge in [0.25, 0.3) is 11.8 Å². The summed E-state index contributed by atoms with van der Waals surface area (Å²) in [7, 11) is 1.79. The Balaban J connectivity index is 1.60.